The molecule has 3 aromatic heterocycles. The van der Waals surface area contributed by atoms with E-state index in [2.05, 4.69) is 25.6 Å². The van der Waals surface area contributed by atoms with Gasteiger partial charge in [-0.15, -0.1) is 0 Å². The smallest absolute Gasteiger partial charge is 0.164 e. The molecule has 1 aliphatic heterocycles. The lowest BCUT2D eigenvalue weighted by Gasteiger charge is -2.22. The van der Waals surface area contributed by atoms with E-state index in [0.29, 0.717) is 23.7 Å². The van der Waals surface area contributed by atoms with Gasteiger partial charge in [0.2, 0.25) is 0 Å². The molecule has 1 aromatic carbocycles. The van der Waals surface area contributed by atoms with Gasteiger partial charge in [-0.05, 0) is 69.0 Å². The summed E-state index contributed by atoms with van der Waals surface area (Å²) in [5, 5.41) is 1.62. The minimum atomic E-state index is -0.698. The van der Waals surface area contributed by atoms with Crippen LogP contribution < -0.4 is 5.73 Å². The first-order valence-electron chi connectivity index (χ1n) is 11.6. The number of rotatable bonds is 4. The second-order valence-electron chi connectivity index (χ2n) is 9.67. The standard InChI is InChI=1S/C26H25ClFN5O2/c1-13-16-6-7-33(25(16)31-12-30-13)21-10-15(22-23(21)35-26(2,3)34-22)5-4-14-8-19(28)17-11-18(27)24(29)32-20(17)9-14/h6-12,21-23H,4-5H2,1-3H3,(H2,29,32)/t21-,22-,23+/m1/s1. The van der Waals surface area contributed by atoms with Crippen LogP contribution >= 0.6 is 11.6 Å². The largest absolute Gasteiger partial charge is 0.382 e. The first-order valence-corrected chi connectivity index (χ1v) is 12.0. The van der Waals surface area contributed by atoms with Gasteiger partial charge in [0.1, 0.15) is 35.8 Å². The normalized spacial score (nSPS) is 23.2. The highest BCUT2D eigenvalue weighted by Crippen LogP contribution is 2.45. The SMILES string of the molecule is Cc1ncnc2c1ccn2[C@@H]1C=C(CCc2cc(F)c3cc(Cl)c(N)nc3c2)[C@H]2OC(C)(C)O[C@H]21. The van der Waals surface area contributed by atoms with Crippen LogP contribution in [0.5, 0.6) is 0 Å². The molecule has 4 heterocycles. The molecule has 0 amide bonds. The number of fused-ring (bicyclic) bond motifs is 3. The molecule has 0 unspecified atom stereocenters. The molecule has 0 bridgehead atoms. The lowest BCUT2D eigenvalue weighted by Crippen LogP contribution is -2.27. The Morgan fingerprint density at radius 1 is 1.14 bits per heavy atom. The van der Waals surface area contributed by atoms with Gasteiger partial charge in [0.25, 0.3) is 0 Å². The van der Waals surface area contributed by atoms with Gasteiger partial charge < -0.3 is 19.8 Å². The number of aryl methyl sites for hydroxylation is 2. The molecule has 2 aliphatic rings. The van der Waals surface area contributed by atoms with Crippen molar-refractivity contribution in [1.29, 1.82) is 0 Å². The lowest BCUT2D eigenvalue weighted by atomic mass is 10.0. The number of nitrogens with zero attached hydrogens (tertiary/aromatic N) is 4. The molecule has 9 heteroatoms. The third-order valence-corrected chi connectivity index (χ3v) is 7.17. The van der Waals surface area contributed by atoms with Gasteiger partial charge in [-0.3, -0.25) is 0 Å². The molecule has 3 atom stereocenters. The fraction of sp³-hybridized carbons (Fsp3) is 0.346. The Balaban J connectivity index is 1.33. The van der Waals surface area contributed by atoms with Crippen molar-refractivity contribution < 1.29 is 13.9 Å². The van der Waals surface area contributed by atoms with Crippen molar-refractivity contribution in [3.63, 3.8) is 0 Å². The summed E-state index contributed by atoms with van der Waals surface area (Å²) in [5.41, 5.74) is 10.1. The zero-order valence-electron chi connectivity index (χ0n) is 19.6. The van der Waals surface area contributed by atoms with Gasteiger partial charge >= 0.3 is 0 Å². The summed E-state index contributed by atoms with van der Waals surface area (Å²) in [6.07, 6.45) is 6.77. The molecule has 1 fully saturated rings. The zero-order chi connectivity index (χ0) is 24.5. The Labute approximate surface area is 206 Å². The Morgan fingerprint density at radius 2 is 1.97 bits per heavy atom. The van der Waals surface area contributed by atoms with Crippen molar-refractivity contribution in [3.05, 3.63) is 70.5 Å². The van der Waals surface area contributed by atoms with Crippen molar-refractivity contribution >= 4 is 39.4 Å². The van der Waals surface area contributed by atoms with Crippen molar-refractivity contribution in [2.75, 3.05) is 5.73 Å². The molecule has 7 nitrogen and oxygen atoms in total. The first-order chi connectivity index (χ1) is 16.7. The number of halogens is 2. The average Bonchev–Trinajstić information content (AvgIpc) is 3.45. The summed E-state index contributed by atoms with van der Waals surface area (Å²) in [6, 6.07) is 6.89. The van der Waals surface area contributed by atoms with Gasteiger partial charge in [0.15, 0.2) is 5.79 Å². The van der Waals surface area contributed by atoms with Crippen LogP contribution in [0.4, 0.5) is 10.2 Å². The second kappa shape index (κ2) is 7.98. The maximum Gasteiger partial charge on any atom is 0.164 e. The summed E-state index contributed by atoms with van der Waals surface area (Å²) < 4.78 is 29.6. The fourth-order valence-electron chi connectivity index (χ4n) is 5.25. The van der Waals surface area contributed by atoms with Gasteiger partial charge in [-0.1, -0.05) is 17.7 Å². The maximum atomic E-state index is 14.8. The van der Waals surface area contributed by atoms with E-state index in [0.717, 1.165) is 27.9 Å². The number of hydrogen-bond donors (Lipinski definition) is 1. The molecule has 0 saturated carbocycles. The molecule has 1 saturated heterocycles. The minimum absolute atomic E-state index is 0.0690. The van der Waals surface area contributed by atoms with Gasteiger partial charge in [-0.2, -0.15) is 0 Å². The highest BCUT2D eigenvalue weighted by Gasteiger charge is 2.50. The fourth-order valence-corrected chi connectivity index (χ4v) is 5.40. The van der Waals surface area contributed by atoms with E-state index in [1.54, 1.807) is 6.33 Å². The third kappa shape index (κ3) is 3.76. The van der Waals surface area contributed by atoms with Crippen LogP contribution in [0.2, 0.25) is 5.02 Å². The Morgan fingerprint density at radius 3 is 2.80 bits per heavy atom. The Bertz CT molecular complexity index is 1510. The highest BCUT2D eigenvalue weighted by molar-refractivity contribution is 6.33. The lowest BCUT2D eigenvalue weighted by molar-refractivity contribution is -0.147. The molecule has 6 rings (SSSR count). The molecule has 0 spiro atoms. The third-order valence-electron chi connectivity index (χ3n) is 6.87. The number of aromatic nitrogens is 4. The van der Waals surface area contributed by atoms with E-state index in [1.165, 1.54) is 12.1 Å². The van der Waals surface area contributed by atoms with Crippen LogP contribution in [0.3, 0.4) is 0 Å². The van der Waals surface area contributed by atoms with Crippen LogP contribution in [0.25, 0.3) is 21.9 Å². The van der Waals surface area contributed by atoms with Crippen molar-refractivity contribution in [3.8, 4) is 0 Å². The number of pyridine rings is 1. The summed E-state index contributed by atoms with van der Waals surface area (Å²) in [4.78, 5) is 13.1. The molecule has 1 aliphatic carbocycles. The van der Waals surface area contributed by atoms with Crippen LogP contribution in [-0.4, -0.2) is 37.5 Å². The Kier molecular flexibility index (Phi) is 5.11. The zero-order valence-corrected chi connectivity index (χ0v) is 20.4. The predicted octanol–water partition coefficient (Wildman–Crippen LogP) is 5.30. The number of nitrogen functional groups attached to an aromatic ring is 1. The quantitative estimate of drug-likeness (QED) is 0.388. The predicted molar refractivity (Wildman–Crippen MR) is 133 cm³/mol. The van der Waals surface area contributed by atoms with E-state index >= 15 is 0 Å². The number of ether oxygens (including phenoxy) is 2. The number of nitrogens with two attached hydrogens (primary N) is 1. The molecule has 4 aromatic rings. The van der Waals surface area contributed by atoms with E-state index in [9.17, 15) is 4.39 Å². The van der Waals surface area contributed by atoms with Crippen LogP contribution in [-0.2, 0) is 15.9 Å². The maximum absolute atomic E-state index is 14.8. The summed E-state index contributed by atoms with van der Waals surface area (Å²) in [7, 11) is 0. The van der Waals surface area contributed by atoms with Crippen molar-refractivity contribution in [2.45, 2.75) is 57.6 Å². The molecule has 2 N–H and O–H groups in total. The minimum Gasteiger partial charge on any atom is -0.382 e. The molecular formula is C26H25ClFN5O2. The average molecular weight is 494 g/mol. The Hall–Kier alpha value is -3.07. The molecular weight excluding hydrogens is 469 g/mol. The summed E-state index contributed by atoms with van der Waals surface area (Å²) in [6.45, 7) is 5.84. The van der Waals surface area contributed by atoms with Crippen LogP contribution in [0, 0.1) is 12.7 Å². The van der Waals surface area contributed by atoms with Gasteiger partial charge in [0.05, 0.1) is 22.3 Å². The number of benzene rings is 1. The monoisotopic (exact) mass is 493 g/mol. The molecule has 0 radical (unpaired) electrons. The van der Waals surface area contributed by atoms with E-state index < -0.39 is 5.79 Å². The molecule has 180 valence electrons. The van der Waals surface area contributed by atoms with E-state index in [4.69, 9.17) is 26.8 Å². The molecule has 35 heavy (non-hydrogen) atoms. The number of anilines is 1. The van der Waals surface area contributed by atoms with Crippen LogP contribution in [0.15, 0.2) is 48.4 Å². The van der Waals surface area contributed by atoms with E-state index in [-0.39, 0.29) is 34.9 Å². The van der Waals surface area contributed by atoms with Gasteiger partial charge in [0, 0.05) is 17.0 Å². The van der Waals surface area contributed by atoms with Crippen LogP contribution in [0.1, 0.15) is 37.6 Å². The van der Waals surface area contributed by atoms with Crippen molar-refractivity contribution in [2.24, 2.45) is 0 Å². The van der Waals surface area contributed by atoms with Gasteiger partial charge in [-0.25, -0.2) is 19.3 Å². The van der Waals surface area contributed by atoms with E-state index in [1.807, 2.05) is 39.1 Å². The van der Waals surface area contributed by atoms with Crippen molar-refractivity contribution in [1.82, 2.24) is 19.5 Å². The second-order valence-corrected chi connectivity index (χ2v) is 10.1. The summed E-state index contributed by atoms with van der Waals surface area (Å²) in [5.74, 6) is -0.869. The summed E-state index contributed by atoms with van der Waals surface area (Å²) >= 11 is 6.02. The number of hydrogen-bond acceptors (Lipinski definition) is 6. The highest BCUT2D eigenvalue weighted by atomic mass is 35.5. The first kappa shape index (κ1) is 22.4. The topological polar surface area (TPSA) is 88.1 Å².